The highest BCUT2D eigenvalue weighted by Crippen LogP contribution is 2.49. The van der Waals surface area contributed by atoms with Crippen LogP contribution in [-0.2, 0) is 0 Å². The number of benzene rings is 7. The molecule has 10 rings (SSSR count). The zero-order valence-electron chi connectivity index (χ0n) is 25.3. The van der Waals surface area contributed by atoms with Gasteiger partial charge < -0.3 is 4.57 Å². The van der Waals surface area contributed by atoms with Crippen molar-refractivity contribution in [2.24, 2.45) is 0 Å². The zero-order valence-corrected chi connectivity index (χ0v) is 25.3. The smallest absolute Gasteiger partial charge is 0.166 e. The van der Waals surface area contributed by atoms with Gasteiger partial charge in [0.15, 0.2) is 17.5 Å². The second-order valence-electron chi connectivity index (χ2n) is 12.0. The molecule has 7 aromatic carbocycles. The Morgan fingerprint density at radius 1 is 0.319 bits per heavy atom. The number of para-hydroxylation sites is 3. The zero-order chi connectivity index (χ0) is 30.9. The third-order valence-electron chi connectivity index (χ3n) is 9.42. The Morgan fingerprint density at radius 3 is 1.53 bits per heavy atom. The highest BCUT2D eigenvalue weighted by molar-refractivity contribution is 6.18. The van der Waals surface area contributed by atoms with Crippen LogP contribution in [0, 0.1) is 0 Å². The Kier molecular flexibility index (Phi) is 5.54. The van der Waals surface area contributed by atoms with Gasteiger partial charge in [-0.25, -0.2) is 15.0 Å². The van der Waals surface area contributed by atoms with Crippen LogP contribution in [0.5, 0.6) is 0 Å². The van der Waals surface area contributed by atoms with Gasteiger partial charge in [0.05, 0.1) is 16.7 Å². The molecule has 0 spiro atoms. The standard InChI is InChI=1S/C43H26N4/c1-2-13-27(14-3-1)41-44-42(35-26-25-34-29-16-5-4-15-28(29)32-20-12-21-33(35)40(32)34)46-43(45-41)36-19-8-11-24-39(36)47-37-22-9-6-17-30(37)31-18-7-10-23-38(31)47/h1-26H. The lowest BCUT2D eigenvalue weighted by Gasteiger charge is -2.15. The molecule has 1 aliphatic rings. The highest BCUT2D eigenvalue weighted by Gasteiger charge is 2.24. The Labute approximate surface area is 271 Å². The van der Waals surface area contributed by atoms with E-state index in [4.69, 9.17) is 15.0 Å². The summed E-state index contributed by atoms with van der Waals surface area (Å²) in [5.74, 6) is 1.94. The summed E-state index contributed by atoms with van der Waals surface area (Å²) in [5.41, 5.74) is 11.2. The van der Waals surface area contributed by atoms with Gasteiger partial charge in [0.25, 0.3) is 0 Å². The molecule has 0 fully saturated rings. The predicted octanol–water partition coefficient (Wildman–Crippen LogP) is 10.8. The quantitative estimate of drug-likeness (QED) is 0.202. The van der Waals surface area contributed by atoms with Crippen LogP contribution in [-0.4, -0.2) is 19.5 Å². The predicted molar refractivity (Wildman–Crippen MR) is 192 cm³/mol. The van der Waals surface area contributed by atoms with Crippen molar-refractivity contribution in [3.63, 3.8) is 0 Å². The van der Waals surface area contributed by atoms with E-state index in [1.807, 2.05) is 18.2 Å². The SMILES string of the molecule is c1ccc(-c2nc(-c3ccccc3-n3c4ccccc4c4ccccc43)nc(-c3ccc4c5c(cccc35)-c3ccccc3-4)n2)cc1. The molecule has 47 heavy (non-hydrogen) atoms. The lowest BCUT2D eigenvalue weighted by Crippen LogP contribution is -2.03. The van der Waals surface area contributed by atoms with Crippen molar-refractivity contribution in [3.8, 4) is 62.1 Å². The molecule has 2 aromatic heterocycles. The fourth-order valence-corrected chi connectivity index (χ4v) is 7.38. The summed E-state index contributed by atoms with van der Waals surface area (Å²) in [4.78, 5) is 15.6. The number of nitrogens with zero attached hydrogens (tertiary/aromatic N) is 4. The first-order valence-corrected chi connectivity index (χ1v) is 15.9. The largest absolute Gasteiger partial charge is 0.309 e. The third kappa shape index (κ3) is 3.85. The average Bonchev–Trinajstić information content (AvgIpc) is 3.66. The summed E-state index contributed by atoms with van der Waals surface area (Å²) in [7, 11) is 0. The van der Waals surface area contributed by atoms with Crippen LogP contribution < -0.4 is 0 Å². The van der Waals surface area contributed by atoms with E-state index < -0.39 is 0 Å². The minimum Gasteiger partial charge on any atom is -0.309 e. The van der Waals surface area contributed by atoms with Crippen molar-refractivity contribution in [1.82, 2.24) is 19.5 Å². The molecular weight excluding hydrogens is 573 g/mol. The molecule has 2 heterocycles. The molecule has 0 unspecified atom stereocenters. The van der Waals surface area contributed by atoms with Gasteiger partial charge in [-0.05, 0) is 63.4 Å². The van der Waals surface area contributed by atoms with Crippen molar-refractivity contribution in [3.05, 3.63) is 158 Å². The summed E-state index contributed by atoms with van der Waals surface area (Å²) in [6.45, 7) is 0. The topological polar surface area (TPSA) is 43.6 Å². The first kappa shape index (κ1) is 25.9. The fraction of sp³-hybridized carbons (Fsp3) is 0. The number of fused-ring (bicyclic) bond motifs is 6. The lowest BCUT2D eigenvalue weighted by atomic mass is 9.98. The molecule has 4 nitrogen and oxygen atoms in total. The molecule has 0 atom stereocenters. The van der Waals surface area contributed by atoms with Crippen molar-refractivity contribution in [2.45, 2.75) is 0 Å². The second-order valence-corrected chi connectivity index (χ2v) is 12.0. The van der Waals surface area contributed by atoms with Crippen LogP contribution in [0.3, 0.4) is 0 Å². The normalized spacial score (nSPS) is 11.8. The van der Waals surface area contributed by atoms with Crippen LogP contribution in [0.15, 0.2) is 158 Å². The molecule has 0 aliphatic heterocycles. The Balaban J connectivity index is 1.25. The van der Waals surface area contributed by atoms with Crippen molar-refractivity contribution in [2.75, 3.05) is 0 Å². The monoisotopic (exact) mass is 598 g/mol. The summed E-state index contributed by atoms with van der Waals surface area (Å²) in [6, 6.07) is 55.4. The van der Waals surface area contributed by atoms with E-state index in [2.05, 4.69) is 144 Å². The number of hydrogen-bond acceptors (Lipinski definition) is 3. The van der Waals surface area contributed by atoms with Crippen LogP contribution in [0.2, 0.25) is 0 Å². The summed E-state index contributed by atoms with van der Waals surface area (Å²) in [6.07, 6.45) is 0. The van der Waals surface area contributed by atoms with Crippen molar-refractivity contribution in [1.29, 1.82) is 0 Å². The lowest BCUT2D eigenvalue weighted by molar-refractivity contribution is 1.07. The van der Waals surface area contributed by atoms with E-state index >= 15 is 0 Å². The van der Waals surface area contributed by atoms with Crippen LogP contribution >= 0.6 is 0 Å². The van der Waals surface area contributed by atoms with Gasteiger partial charge in [0.1, 0.15) is 0 Å². The van der Waals surface area contributed by atoms with Gasteiger partial charge in [-0.2, -0.15) is 0 Å². The number of aromatic nitrogens is 4. The van der Waals surface area contributed by atoms with Crippen LogP contribution in [0.25, 0.3) is 94.7 Å². The van der Waals surface area contributed by atoms with E-state index in [9.17, 15) is 0 Å². The van der Waals surface area contributed by atoms with Gasteiger partial charge >= 0.3 is 0 Å². The first-order valence-electron chi connectivity index (χ1n) is 15.9. The molecule has 0 N–H and O–H groups in total. The maximum Gasteiger partial charge on any atom is 0.166 e. The maximum absolute atomic E-state index is 5.27. The van der Waals surface area contributed by atoms with Gasteiger partial charge in [-0.15, -0.1) is 0 Å². The van der Waals surface area contributed by atoms with E-state index in [-0.39, 0.29) is 0 Å². The fourth-order valence-electron chi connectivity index (χ4n) is 7.38. The molecule has 9 aromatic rings. The highest BCUT2D eigenvalue weighted by atomic mass is 15.1. The summed E-state index contributed by atoms with van der Waals surface area (Å²) >= 11 is 0. The molecule has 0 amide bonds. The Morgan fingerprint density at radius 2 is 0.809 bits per heavy atom. The Bertz CT molecular complexity index is 2600. The van der Waals surface area contributed by atoms with E-state index in [1.54, 1.807) is 0 Å². The third-order valence-corrected chi connectivity index (χ3v) is 9.42. The molecule has 1 aliphatic carbocycles. The van der Waals surface area contributed by atoms with Crippen molar-refractivity contribution < 1.29 is 0 Å². The Hall–Kier alpha value is -6.39. The molecule has 0 bridgehead atoms. The second kappa shape index (κ2) is 10.1. The summed E-state index contributed by atoms with van der Waals surface area (Å²) in [5, 5.41) is 4.82. The van der Waals surface area contributed by atoms with Crippen LogP contribution in [0.4, 0.5) is 0 Å². The molecule has 218 valence electrons. The van der Waals surface area contributed by atoms with Gasteiger partial charge in [-0.3, -0.25) is 0 Å². The van der Waals surface area contributed by atoms with E-state index in [1.165, 1.54) is 38.4 Å². The van der Waals surface area contributed by atoms with E-state index in [0.717, 1.165) is 38.8 Å². The van der Waals surface area contributed by atoms with Crippen LogP contribution in [0.1, 0.15) is 0 Å². The van der Waals surface area contributed by atoms with Gasteiger partial charge in [0, 0.05) is 27.5 Å². The minimum absolute atomic E-state index is 0.637. The van der Waals surface area contributed by atoms with Gasteiger partial charge in [0.2, 0.25) is 0 Å². The molecule has 4 heteroatoms. The molecule has 0 radical (unpaired) electrons. The molecule has 0 saturated heterocycles. The first-order chi connectivity index (χ1) is 23.3. The van der Waals surface area contributed by atoms with E-state index in [0.29, 0.717) is 17.5 Å². The van der Waals surface area contributed by atoms with Gasteiger partial charge in [-0.1, -0.05) is 127 Å². The maximum atomic E-state index is 5.27. The average molecular weight is 599 g/mol. The number of rotatable bonds is 4. The number of hydrogen-bond donors (Lipinski definition) is 0. The minimum atomic E-state index is 0.637. The molecule has 0 saturated carbocycles. The molecular formula is C43H26N4. The van der Waals surface area contributed by atoms with Crippen molar-refractivity contribution >= 4 is 32.6 Å². The summed E-state index contributed by atoms with van der Waals surface area (Å²) < 4.78 is 2.34.